The molecule has 1 saturated heterocycles. The van der Waals surface area contributed by atoms with E-state index in [4.69, 9.17) is 14.2 Å². The average Bonchev–Trinajstić information content (AvgIpc) is 2.68. The molecule has 2 aromatic carbocycles. The van der Waals surface area contributed by atoms with E-state index in [0.29, 0.717) is 36.8 Å². The molecule has 0 N–H and O–H groups in total. The van der Waals surface area contributed by atoms with E-state index in [0.717, 1.165) is 6.42 Å². The minimum Gasteiger partial charge on any atom is -0.493 e. The molecule has 1 aliphatic heterocycles. The van der Waals surface area contributed by atoms with Crippen molar-refractivity contribution in [2.45, 2.75) is 12.5 Å². The average molecular weight is 341 g/mol. The second kappa shape index (κ2) is 8.03. The summed E-state index contributed by atoms with van der Waals surface area (Å²) in [6, 6.07) is 15.5. The maximum Gasteiger partial charge on any atom is 0.254 e. The highest BCUT2D eigenvalue weighted by Gasteiger charge is 2.28. The predicted molar refractivity (Wildman–Crippen MR) is 95.3 cm³/mol. The second-order valence-electron chi connectivity index (χ2n) is 5.99. The zero-order valence-electron chi connectivity index (χ0n) is 14.6. The van der Waals surface area contributed by atoms with E-state index in [1.807, 2.05) is 23.1 Å². The summed E-state index contributed by atoms with van der Waals surface area (Å²) in [6.07, 6.45) is 0.778. The summed E-state index contributed by atoms with van der Waals surface area (Å²) in [6.45, 7) is 1.70. The molecule has 0 spiro atoms. The van der Waals surface area contributed by atoms with E-state index in [-0.39, 0.29) is 11.9 Å². The number of rotatable bonds is 5. The van der Waals surface area contributed by atoms with Gasteiger partial charge in [0.1, 0.15) is 0 Å². The molecule has 5 heteroatoms. The maximum absolute atomic E-state index is 13.0. The Kier molecular flexibility index (Phi) is 5.56. The first-order chi connectivity index (χ1) is 12.2. The third-order valence-electron chi connectivity index (χ3n) is 4.43. The highest BCUT2D eigenvalue weighted by Crippen LogP contribution is 2.28. The van der Waals surface area contributed by atoms with Crippen LogP contribution in [0.15, 0.2) is 48.5 Å². The number of nitrogens with zero attached hydrogens (tertiary/aromatic N) is 1. The summed E-state index contributed by atoms with van der Waals surface area (Å²) < 4.78 is 16.2. The molecule has 3 rings (SSSR count). The zero-order valence-corrected chi connectivity index (χ0v) is 14.6. The van der Waals surface area contributed by atoms with E-state index >= 15 is 0 Å². The molecule has 1 heterocycles. The van der Waals surface area contributed by atoms with Crippen molar-refractivity contribution < 1.29 is 19.0 Å². The molecule has 1 aliphatic rings. The van der Waals surface area contributed by atoms with Crippen LogP contribution in [0.25, 0.3) is 0 Å². The molecular weight excluding hydrogens is 318 g/mol. The number of morpholine rings is 1. The van der Waals surface area contributed by atoms with Gasteiger partial charge in [-0.15, -0.1) is 0 Å². The van der Waals surface area contributed by atoms with Crippen molar-refractivity contribution in [1.82, 2.24) is 4.90 Å². The van der Waals surface area contributed by atoms with Crippen molar-refractivity contribution in [2.75, 3.05) is 34.0 Å². The molecule has 1 unspecified atom stereocenters. The van der Waals surface area contributed by atoms with Crippen LogP contribution in [-0.4, -0.2) is 50.8 Å². The molecular formula is C20H23NO4. The standard InChI is InChI=1S/C20H23NO4/c1-23-18-9-8-16(13-19(18)24-2)20(22)21-10-11-25-14-17(21)12-15-6-4-3-5-7-15/h3-9,13,17H,10-12,14H2,1-2H3. The Labute approximate surface area is 148 Å². The quantitative estimate of drug-likeness (QED) is 0.839. The van der Waals surface area contributed by atoms with E-state index < -0.39 is 0 Å². The van der Waals surface area contributed by atoms with Gasteiger partial charge in [0.05, 0.1) is 33.5 Å². The SMILES string of the molecule is COc1ccc(C(=O)N2CCOCC2Cc2ccccc2)cc1OC. The largest absolute Gasteiger partial charge is 0.493 e. The van der Waals surface area contributed by atoms with Crippen LogP contribution in [-0.2, 0) is 11.2 Å². The normalized spacial score (nSPS) is 17.2. The summed E-state index contributed by atoms with van der Waals surface area (Å²) in [7, 11) is 3.15. The van der Waals surface area contributed by atoms with Gasteiger partial charge in [-0.1, -0.05) is 30.3 Å². The van der Waals surface area contributed by atoms with Crippen molar-refractivity contribution in [3.05, 3.63) is 59.7 Å². The molecule has 0 aromatic heterocycles. The Bertz CT molecular complexity index is 717. The van der Waals surface area contributed by atoms with Crippen LogP contribution >= 0.6 is 0 Å². The number of carbonyl (C=O) groups excluding carboxylic acids is 1. The van der Waals surface area contributed by atoms with Crippen LogP contribution in [0.1, 0.15) is 15.9 Å². The van der Waals surface area contributed by atoms with E-state index in [1.54, 1.807) is 32.4 Å². The zero-order chi connectivity index (χ0) is 17.6. The molecule has 0 bridgehead atoms. The van der Waals surface area contributed by atoms with Crippen molar-refractivity contribution in [1.29, 1.82) is 0 Å². The maximum atomic E-state index is 13.0. The molecule has 132 valence electrons. The topological polar surface area (TPSA) is 48.0 Å². The summed E-state index contributed by atoms with van der Waals surface area (Å²) in [5.74, 6) is 1.16. The third kappa shape index (κ3) is 3.94. The molecule has 25 heavy (non-hydrogen) atoms. The van der Waals surface area contributed by atoms with Gasteiger partial charge in [-0.3, -0.25) is 4.79 Å². The van der Waals surface area contributed by atoms with E-state index in [9.17, 15) is 4.79 Å². The number of carbonyl (C=O) groups is 1. The number of benzene rings is 2. The lowest BCUT2D eigenvalue weighted by atomic mass is 10.0. The highest BCUT2D eigenvalue weighted by atomic mass is 16.5. The minimum atomic E-state index is -0.00909. The molecule has 1 amide bonds. The van der Waals surface area contributed by atoms with Crippen molar-refractivity contribution in [3.63, 3.8) is 0 Å². The van der Waals surface area contributed by atoms with Crippen LogP contribution in [0.4, 0.5) is 0 Å². The first-order valence-corrected chi connectivity index (χ1v) is 8.37. The van der Waals surface area contributed by atoms with Gasteiger partial charge in [0.25, 0.3) is 5.91 Å². The van der Waals surface area contributed by atoms with Crippen molar-refractivity contribution in [2.24, 2.45) is 0 Å². The third-order valence-corrected chi connectivity index (χ3v) is 4.43. The lowest BCUT2D eigenvalue weighted by Gasteiger charge is -2.36. The molecule has 2 aromatic rings. The first kappa shape index (κ1) is 17.3. The Morgan fingerprint density at radius 3 is 2.60 bits per heavy atom. The summed E-state index contributed by atoms with van der Waals surface area (Å²) >= 11 is 0. The molecule has 0 saturated carbocycles. The fraction of sp³-hybridized carbons (Fsp3) is 0.350. The molecule has 1 fully saturated rings. The van der Waals surface area contributed by atoms with Crippen LogP contribution in [0.2, 0.25) is 0 Å². The van der Waals surface area contributed by atoms with Gasteiger partial charge in [0.2, 0.25) is 0 Å². The smallest absolute Gasteiger partial charge is 0.254 e. The number of methoxy groups -OCH3 is 2. The Balaban J connectivity index is 1.81. The van der Waals surface area contributed by atoms with E-state index in [2.05, 4.69) is 12.1 Å². The molecule has 0 aliphatic carbocycles. The fourth-order valence-electron chi connectivity index (χ4n) is 3.11. The van der Waals surface area contributed by atoms with Gasteiger partial charge in [-0.05, 0) is 30.2 Å². The number of hydrogen-bond acceptors (Lipinski definition) is 4. The Hall–Kier alpha value is -2.53. The van der Waals surface area contributed by atoms with Gasteiger partial charge in [0, 0.05) is 12.1 Å². The Morgan fingerprint density at radius 2 is 1.88 bits per heavy atom. The summed E-state index contributed by atoms with van der Waals surface area (Å²) in [4.78, 5) is 14.9. The highest BCUT2D eigenvalue weighted by molar-refractivity contribution is 5.95. The van der Waals surface area contributed by atoms with Gasteiger partial charge >= 0.3 is 0 Å². The lowest BCUT2D eigenvalue weighted by Crippen LogP contribution is -2.49. The van der Waals surface area contributed by atoms with Gasteiger partial charge in [0.15, 0.2) is 11.5 Å². The Morgan fingerprint density at radius 1 is 1.12 bits per heavy atom. The van der Waals surface area contributed by atoms with Crippen LogP contribution in [0.3, 0.4) is 0 Å². The monoisotopic (exact) mass is 341 g/mol. The fourth-order valence-corrected chi connectivity index (χ4v) is 3.11. The number of ether oxygens (including phenoxy) is 3. The number of amides is 1. The van der Waals surface area contributed by atoms with Gasteiger partial charge < -0.3 is 19.1 Å². The second-order valence-corrected chi connectivity index (χ2v) is 5.99. The van der Waals surface area contributed by atoms with Crippen molar-refractivity contribution in [3.8, 4) is 11.5 Å². The lowest BCUT2D eigenvalue weighted by molar-refractivity contribution is -0.00165. The van der Waals surface area contributed by atoms with Crippen molar-refractivity contribution >= 4 is 5.91 Å². The van der Waals surface area contributed by atoms with Gasteiger partial charge in [-0.2, -0.15) is 0 Å². The minimum absolute atomic E-state index is 0.00909. The van der Waals surface area contributed by atoms with Gasteiger partial charge in [-0.25, -0.2) is 0 Å². The number of hydrogen-bond donors (Lipinski definition) is 0. The molecule has 1 atom stereocenters. The summed E-state index contributed by atoms with van der Waals surface area (Å²) in [5, 5.41) is 0. The van der Waals surface area contributed by atoms with Crippen LogP contribution < -0.4 is 9.47 Å². The molecule has 5 nitrogen and oxygen atoms in total. The van der Waals surface area contributed by atoms with E-state index in [1.165, 1.54) is 5.56 Å². The summed E-state index contributed by atoms with van der Waals surface area (Å²) in [5.41, 5.74) is 1.79. The van der Waals surface area contributed by atoms with Crippen LogP contribution in [0, 0.1) is 0 Å². The molecule has 0 radical (unpaired) electrons. The first-order valence-electron chi connectivity index (χ1n) is 8.37. The van der Waals surface area contributed by atoms with Crippen LogP contribution in [0.5, 0.6) is 11.5 Å². The predicted octanol–water partition coefficient (Wildman–Crippen LogP) is 2.79.